The van der Waals surface area contributed by atoms with Gasteiger partial charge in [-0.25, -0.2) is 9.07 Å². The minimum absolute atomic E-state index is 0.0388. The maximum atomic E-state index is 13.9. The Morgan fingerprint density at radius 3 is 2.38 bits per heavy atom. The van der Waals surface area contributed by atoms with Gasteiger partial charge in [-0.3, -0.25) is 14.4 Å². The van der Waals surface area contributed by atoms with E-state index in [0.717, 1.165) is 12.8 Å². The molecular formula is C21H25FN4O3. The van der Waals surface area contributed by atoms with Crippen molar-refractivity contribution >= 4 is 11.8 Å². The van der Waals surface area contributed by atoms with Crippen molar-refractivity contribution in [2.75, 3.05) is 26.2 Å². The van der Waals surface area contributed by atoms with Crippen molar-refractivity contribution in [3.05, 3.63) is 63.8 Å². The van der Waals surface area contributed by atoms with Crippen molar-refractivity contribution in [1.82, 2.24) is 19.6 Å². The Balaban J connectivity index is 1.69. The summed E-state index contributed by atoms with van der Waals surface area (Å²) in [7, 11) is 0. The van der Waals surface area contributed by atoms with Gasteiger partial charge in [-0.05, 0) is 31.0 Å². The number of aryl methyl sites for hydroxylation is 1. The highest BCUT2D eigenvalue weighted by Gasteiger charge is 2.25. The first-order valence-electron chi connectivity index (χ1n) is 9.92. The number of hydrogen-bond acceptors (Lipinski definition) is 4. The third-order valence-corrected chi connectivity index (χ3v) is 4.98. The molecule has 3 rings (SSSR count). The SMILES string of the molecule is CCCCn1nc(C(=O)N2CCCN(C(=O)c3ccccc3F)CC2)ccc1=O. The Morgan fingerprint density at radius 2 is 1.69 bits per heavy atom. The molecule has 7 nitrogen and oxygen atoms in total. The van der Waals surface area contributed by atoms with Crippen molar-refractivity contribution in [3.8, 4) is 0 Å². The topological polar surface area (TPSA) is 75.5 Å². The number of amides is 2. The van der Waals surface area contributed by atoms with Gasteiger partial charge in [0, 0.05) is 38.8 Å². The summed E-state index contributed by atoms with van der Waals surface area (Å²) >= 11 is 0. The molecule has 2 amide bonds. The van der Waals surface area contributed by atoms with E-state index in [9.17, 15) is 18.8 Å². The highest BCUT2D eigenvalue weighted by molar-refractivity contribution is 5.95. The van der Waals surface area contributed by atoms with Crippen LogP contribution in [0.3, 0.4) is 0 Å². The standard InChI is InChI=1S/C21H25FN4O3/c1-2-3-13-26-19(27)10-9-18(23-26)21(29)25-12-6-11-24(14-15-25)20(28)16-7-4-5-8-17(16)22/h4-5,7-10H,2-3,6,11-15H2,1H3. The molecular weight excluding hydrogens is 375 g/mol. The number of unbranched alkanes of at least 4 members (excludes halogenated alkanes) is 1. The van der Waals surface area contributed by atoms with Crippen molar-refractivity contribution in [2.24, 2.45) is 0 Å². The van der Waals surface area contributed by atoms with Crippen LogP contribution >= 0.6 is 0 Å². The summed E-state index contributed by atoms with van der Waals surface area (Å²) in [5, 5.41) is 4.21. The molecule has 0 radical (unpaired) electrons. The van der Waals surface area contributed by atoms with Gasteiger partial charge in [0.15, 0.2) is 0 Å². The van der Waals surface area contributed by atoms with Gasteiger partial charge in [0.25, 0.3) is 17.4 Å². The lowest BCUT2D eigenvalue weighted by molar-refractivity contribution is 0.0711. The Morgan fingerprint density at radius 1 is 1.00 bits per heavy atom. The molecule has 0 spiro atoms. The van der Waals surface area contributed by atoms with E-state index in [1.807, 2.05) is 6.92 Å². The second-order valence-corrected chi connectivity index (χ2v) is 7.05. The molecule has 29 heavy (non-hydrogen) atoms. The summed E-state index contributed by atoms with van der Waals surface area (Å²) in [6.07, 6.45) is 2.31. The smallest absolute Gasteiger partial charge is 0.274 e. The number of aromatic nitrogens is 2. The lowest BCUT2D eigenvalue weighted by atomic mass is 10.2. The van der Waals surface area contributed by atoms with Gasteiger partial charge >= 0.3 is 0 Å². The third-order valence-electron chi connectivity index (χ3n) is 4.98. The zero-order valence-electron chi connectivity index (χ0n) is 16.5. The fourth-order valence-corrected chi connectivity index (χ4v) is 3.32. The molecule has 0 atom stereocenters. The molecule has 1 aromatic carbocycles. The summed E-state index contributed by atoms with van der Waals surface area (Å²) in [6, 6.07) is 8.71. The van der Waals surface area contributed by atoms with E-state index in [1.165, 1.54) is 28.9 Å². The van der Waals surface area contributed by atoms with E-state index in [0.29, 0.717) is 39.1 Å². The Hall–Kier alpha value is -3.03. The summed E-state index contributed by atoms with van der Waals surface area (Å²) in [5.74, 6) is -1.19. The van der Waals surface area contributed by atoms with E-state index >= 15 is 0 Å². The second-order valence-electron chi connectivity index (χ2n) is 7.05. The van der Waals surface area contributed by atoms with Crippen LogP contribution in [0, 0.1) is 5.82 Å². The summed E-state index contributed by atoms with van der Waals surface area (Å²) in [4.78, 5) is 40.6. The second kappa shape index (κ2) is 9.45. The van der Waals surface area contributed by atoms with Crippen LogP contribution in [0.1, 0.15) is 47.0 Å². The monoisotopic (exact) mass is 400 g/mol. The van der Waals surface area contributed by atoms with Gasteiger partial charge in [-0.1, -0.05) is 25.5 Å². The third kappa shape index (κ3) is 4.88. The number of hydrogen-bond donors (Lipinski definition) is 0. The fraction of sp³-hybridized carbons (Fsp3) is 0.429. The quantitative estimate of drug-likeness (QED) is 0.771. The zero-order chi connectivity index (χ0) is 20.8. The summed E-state index contributed by atoms with van der Waals surface area (Å²) < 4.78 is 15.3. The number of carbonyl (C=O) groups excluding carboxylic acids is 2. The van der Waals surface area contributed by atoms with E-state index < -0.39 is 5.82 Å². The molecule has 1 aliphatic heterocycles. The Labute approximate surface area is 168 Å². The van der Waals surface area contributed by atoms with Crippen molar-refractivity contribution < 1.29 is 14.0 Å². The van der Waals surface area contributed by atoms with Crippen LogP contribution in [-0.2, 0) is 6.54 Å². The molecule has 0 unspecified atom stereocenters. The molecule has 1 aromatic heterocycles. The molecule has 0 N–H and O–H groups in total. The largest absolute Gasteiger partial charge is 0.337 e. The predicted octanol–water partition coefficient (Wildman–Crippen LogP) is 2.17. The number of nitrogens with zero attached hydrogens (tertiary/aromatic N) is 4. The Bertz CT molecular complexity index is 944. The molecule has 2 heterocycles. The van der Waals surface area contributed by atoms with Gasteiger partial charge in [0.05, 0.1) is 5.56 Å². The Kier molecular flexibility index (Phi) is 6.74. The lowest BCUT2D eigenvalue weighted by Gasteiger charge is -2.22. The van der Waals surface area contributed by atoms with Crippen LogP contribution in [0.25, 0.3) is 0 Å². The average Bonchev–Trinajstić information content (AvgIpc) is 2.99. The predicted molar refractivity (Wildman–Crippen MR) is 106 cm³/mol. The maximum Gasteiger partial charge on any atom is 0.274 e. The molecule has 0 aliphatic carbocycles. The zero-order valence-corrected chi connectivity index (χ0v) is 16.5. The average molecular weight is 400 g/mol. The van der Waals surface area contributed by atoms with Crippen LogP contribution in [0.2, 0.25) is 0 Å². The van der Waals surface area contributed by atoms with Gasteiger partial charge < -0.3 is 9.80 Å². The summed E-state index contributed by atoms with van der Waals surface area (Å²) in [6.45, 7) is 4.05. The minimum atomic E-state index is -0.548. The van der Waals surface area contributed by atoms with Crippen LogP contribution in [-0.4, -0.2) is 57.6 Å². The van der Waals surface area contributed by atoms with Gasteiger partial charge in [0.2, 0.25) is 0 Å². The van der Waals surface area contributed by atoms with Gasteiger partial charge in [-0.2, -0.15) is 5.10 Å². The van der Waals surface area contributed by atoms with Crippen molar-refractivity contribution in [2.45, 2.75) is 32.7 Å². The van der Waals surface area contributed by atoms with E-state index in [-0.39, 0.29) is 28.6 Å². The molecule has 1 aliphatic rings. The maximum absolute atomic E-state index is 13.9. The van der Waals surface area contributed by atoms with Crippen LogP contribution in [0.5, 0.6) is 0 Å². The van der Waals surface area contributed by atoms with E-state index in [4.69, 9.17) is 0 Å². The minimum Gasteiger partial charge on any atom is -0.337 e. The number of carbonyl (C=O) groups is 2. The molecule has 154 valence electrons. The first kappa shape index (κ1) is 20.7. The number of benzene rings is 1. The van der Waals surface area contributed by atoms with Gasteiger partial charge in [0.1, 0.15) is 11.5 Å². The molecule has 0 bridgehead atoms. The number of rotatable bonds is 5. The molecule has 8 heteroatoms. The first-order valence-corrected chi connectivity index (χ1v) is 9.92. The van der Waals surface area contributed by atoms with Crippen LogP contribution < -0.4 is 5.56 Å². The van der Waals surface area contributed by atoms with E-state index in [2.05, 4.69) is 5.10 Å². The highest BCUT2D eigenvalue weighted by atomic mass is 19.1. The first-order chi connectivity index (χ1) is 14.0. The lowest BCUT2D eigenvalue weighted by Crippen LogP contribution is -2.38. The molecule has 1 fully saturated rings. The highest BCUT2D eigenvalue weighted by Crippen LogP contribution is 2.13. The van der Waals surface area contributed by atoms with Crippen LogP contribution in [0.15, 0.2) is 41.2 Å². The molecule has 1 saturated heterocycles. The van der Waals surface area contributed by atoms with Crippen molar-refractivity contribution in [3.63, 3.8) is 0 Å². The number of halogens is 1. The van der Waals surface area contributed by atoms with Gasteiger partial charge in [-0.15, -0.1) is 0 Å². The van der Waals surface area contributed by atoms with E-state index in [1.54, 1.807) is 21.9 Å². The van der Waals surface area contributed by atoms with Crippen molar-refractivity contribution in [1.29, 1.82) is 0 Å². The normalized spacial score (nSPS) is 14.6. The summed E-state index contributed by atoms with van der Waals surface area (Å²) in [5.41, 5.74) is 0.0269. The molecule has 2 aromatic rings. The fourth-order valence-electron chi connectivity index (χ4n) is 3.32. The van der Waals surface area contributed by atoms with Crippen LogP contribution in [0.4, 0.5) is 4.39 Å². The molecule has 0 saturated carbocycles.